The smallest absolute Gasteiger partial charge is 0.255 e. The van der Waals surface area contributed by atoms with Gasteiger partial charge in [0, 0.05) is 13.6 Å². The van der Waals surface area contributed by atoms with E-state index in [1.54, 1.807) is 7.05 Å². The van der Waals surface area contributed by atoms with Crippen LogP contribution in [0, 0.1) is 5.82 Å². The maximum absolute atomic E-state index is 13.1. The van der Waals surface area contributed by atoms with Gasteiger partial charge in [-0.1, -0.05) is 11.6 Å². The van der Waals surface area contributed by atoms with Crippen LogP contribution in [0.25, 0.3) is 0 Å². The number of halogens is 2. The highest BCUT2D eigenvalue weighted by Gasteiger charge is 2.27. The molecule has 0 saturated heterocycles. The van der Waals surface area contributed by atoms with Crippen LogP contribution < -0.4 is 0 Å². The second-order valence-electron chi connectivity index (χ2n) is 3.53. The molecule has 0 aromatic heterocycles. The lowest BCUT2D eigenvalue weighted by atomic mass is 9.98. The molecule has 80 valence electrons. The minimum Gasteiger partial charge on any atom is -0.504 e. The van der Waals surface area contributed by atoms with Gasteiger partial charge in [0.15, 0.2) is 11.6 Å². The molecule has 0 bridgehead atoms. The number of carbonyl (C=O) groups is 1. The second-order valence-corrected chi connectivity index (χ2v) is 3.91. The molecule has 5 heteroatoms. The van der Waals surface area contributed by atoms with Crippen LogP contribution in [0.5, 0.6) is 5.75 Å². The Bertz CT molecular complexity index is 448. The van der Waals surface area contributed by atoms with E-state index in [2.05, 4.69) is 0 Å². The minimum absolute atomic E-state index is 0.193. The van der Waals surface area contributed by atoms with Crippen LogP contribution in [0.3, 0.4) is 0 Å². The van der Waals surface area contributed by atoms with E-state index in [0.29, 0.717) is 18.5 Å². The summed E-state index contributed by atoms with van der Waals surface area (Å²) in [6.45, 7) is 0.534. The lowest BCUT2D eigenvalue weighted by molar-refractivity contribution is 0.0780. The molecule has 0 saturated carbocycles. The van der Waals surface area contributed by atoms with E-state index in [0.717, 1.165) is 0 Å². The topological polar surface area (TPSA) is 40.5 Å². The van der Waals surface area contributed by atoms with Crippen LogP contribution in [0.2, 0.25) is 5.02 Å². The first-order valence-electron chi connectivity index (χ1n) is 4.47. The van der Waals surface area contributed by atoms with E-state index in [-0.39, 0.29) is 16.5 Å². The SMILES string of the molecule is CN1CCc2cc(F)c(O)c(Cl)c2C1=O. The molecule has 0 aliphatic carbocycles. The largest absolute Gasteiger partial charge is 0.504 e. The summed E-state index contributed by atoms with van der Waals surface area (Å²) in [6.07, 6.45) is 0.550. The first kappa shape index (κ1) is 10.2. The van der Waals surface area contributed by atoms with Gasteiger partial charge in [-0.15, -0.1) is 0 Å². The van der Waals surface area contributed by atoms with Crippen molar-refractivity contribution in [3.8, 4) is 5.75 Å². The van der Waals surface area contributed by atoms with Gasteiger partial charge < -0.3 is 10.0 Å². The Morgan fingerprint density at radius 3 is 2.93 bits per heavy atom. The number of carbonyl (C=O) groups excluding carboxylic acids is 1. The zero-order valence-electron chi connectivity index (χ0n) is 8.05. The van der Waals surface area contributed by atoms with Crippen molar-refractivity contribution in [3.05, 3.63) is 28.0 Å². The first-order chi connectivity index (χ1) is 7.02. The normalized spacial score (nSPS) is 15.4. The number of phenolic OH excluding ortho intramolecular Hbond substituents is 1. The third-order valence-electron chi connectivity index (χ3n) is 2.55. The third kappa shape index (κ3) is 1.45. The molecule has 0 radical (unpaired) electrons. The molecule has 0 fully saturated rings. The summed E-state index contributed by atoms with van der Waals surface area (Å²) >= 11 is 5.74. The van der Waals surface area contributed by atoms with Crippen molar-refractivity contribution < 1.29 is 14.3 Å². The monoisotopic (exact) mass is 229 g/mol. The molecule has 0 spiro atoms. The predicted molar refractivity (Wildman–Crippen MR) is 53.7 cm³/mol. The maximum Gasteiger partial charge on any atom is 0.255 e. The zero-order valence-corrected chi connectivity index (χ0v) is 8.81. The second kappa shape index (κ2) is 3.38. The Morgan fingerprint density at radius 2 is 2.27 bits per heavy atom. The summed E-state index contributed by atoms with van der Waals surface area (Å²) in [4.78, 5) is 13.2. The molecule has 1 aliphatic heterocycles. The van der Waals surface area contributed by atoms with Crippen molar-refractivity contribution in [2.24, 2.45) is 0 Å². The molecule has 0 atom stereocenters. The number of aromatic hydroxyl groups is 1. The van der Waals surface area contributed by atoms with Gasteiger partial charge in [-0.2, -0.15) is 0 Å². The van der Waals surface area contributed by atoms with Crippen LogP contribution in [0.1, 0.15) is 15.9 Å². The van der Waals surface area contributed by atoms with Crippen molar-refractivity contribution >= 4 is 17.5 Å². The number of hydrogen-bond donors (Lipinski definition) is 1. The van der Waals surface area contributed by atoms with Crippen LogP contribution in [-0.2, 0) is 6.42 Å². The summed E-state index contributed by atoms with van der Waals surface area (Å²) in [5, 5.41) is 9.10. The first-order valence-corrected chi connectivity index (χ1v) is 4.85. The predicted octanol–water partition coefficient (Wildman–Crippen LogP) is 1.81. The molecule has 15 heavy (non-hydrogen) atoms. The summed E-state index contributed by atoms with van der Waals surface area (Å²) < 4.78 is 13.1. The number of hydrogen-bond acceptors (Lipinski definition) is 2. The molecular formula is C10H9ClFNO2. The number of amides is 1. The number of likely N-dealkylation sites (N-methyl/N-ethyl adjacent to an activating group) is 1. The van der Waals surface area contributed by atoms with Crippen molar-refractivity contribution in [3.63, 3.8) is 0 Å². The van der Waals surface area contributed by atoms with Gasteiger partial charge in [0.1, 0.15) is 0 Å². The molecule has 3 nitrogen and oxygen atoms in total. The summed E-state index contributed by atoms with van der Waals surface area (Å²) in [5.41, 5.74) is 0.766. The summed E-state index contributed by atoms with van der Waals surface area (Å²) in [5.74, 6) is -1.72. The van der Waals surface area contributed by atoms with Gasteiger partial charge in [-0.25, -0.2) is 4.39 Å². The Kier molecular flexibility index (Phi) is 2.31. The molecule has 1 aromatic carbocycles. The van der Waals surface area contributed by atoms with Crippen molar-refractivity contribution in [2.45, 2.75) is 6.42 Å². The Morgan fingerprint density at radius 1 is 1.60 bits per heavy atom. The Labute approximate surface area is 91.1 Å². The number of rotatable bonds is 0. The quantitative estimate of drug-likeness (QED) is 0.737. The average Bonchev–Trinajstić information content (AvgIpc) is 2.20. The lowest BCUT2D eigenvalue weighted by Gasteiger charge is -2.25. The van der Waals surface area contributed by atoms with Gasteiger partial charge in [0.05, 0.1) is 10.6 Å². The highest BCUT2D eigenvalue weighted by Crippen LogP contribution is 2.35. The van der Waals surface area contributed by atoms with Crippen LogP contribution in [0.15, 0.2) is 6.07 Å². The fourth-order valence-electron chi connectivity index (χ4n) is 1.67. The van der Waals surface area contributed by atoms with E-state index in [4.69, 9.17) is 11.6 Å². The van der Waals surface area contributed by atoms with E-state index >= 15 is 0 Å². The molecule has 1 aliphatic rings. The number of fused-ring (bicyclic) bond motifs is 1. The Hall–Kier alpha value is -1.29. The molecule has 1 heterocycles. The maximum atomic E-state index is 13.1. The number of benzene rings is 1. The fraction of sp³-hybridized carbons (Fsp3) is 0.300. The van der Waals surface area contributed by atoms with Gasteiger partial charge in [0.2, 0.25) is 0 Å². The molecule has 0 unspecified atom stereocenters. The third-order valence-corrected chi connectivity index (χ3v) is 2.92. The van der Waals surface area contributed by atoms with Crippen molar-refractivity contribution in [2.75, 3.05) is 13.6 Å². The number of nitrogens with zero attached hydrogens (tertiary/aromatic N) is 1. The van der Waals surface area contributed by atoms with E-state index in [9.17, 15) is 14.3 Å². The lowest BCUT2D eigenvalue weighted by Crippen LogP contribution is -2.34. The van der Waals surface area contributed by atoms with E-state index in [1.165, 1.54) is 11.0 Å². The minimum atomic E-state index is -0.781. The van der Waals surface area contributed by atoms with Crippen LogP contribution in [-0.4, -0.2) is 29.5 Å². The average molecular weight is 230 g/mol. The fourth-order valence-corrected chi connectivity index (χ4v) is 1.96. The molecule has 1 aromatic rings. The number of phenols is 1. The van der Waals surface area contributed by atoms with E-state index in [1.807, 2.05) is 0 Å². The van der Waals surface area contributed by atoms with Gasteiger partial charge in [0.25, 0.3) is 5.91 Å². The standard InChI is InChI=1S/C10H9ClFNO2/c1-13-3-2-5-4-6(12)9(14)8(11)7(5)10(13)15/h4,14H,2-3H2,1H3. The van der Waals surface area contributed by atoms with Gasteiger partial charge >= 0.3 is 0 Å². The van der Waals surface area contributed by atoms with Crippen molar-refractivity contribution in [1.29, 1.82) is 0 Å². The Balaban J connectivity index is 2.67. The highest BCUT2D eigenvalue weighted by atomic mass is 35.5. The van der Waals surface area contributed by atoms with E-state index < -0.39 is 11.6 Å². The molecular weight excluding hydrogens is 221 g/mol. The molecule has 1 N–H and O–H groups in total. The van der Waals surface area contributed by atoms with Gasteiger partial charge in [-0.3, -0.25) is 4.79 Å². The molecule has 2 rings (SSSR count). The summed E-state index contributed by atoms with van der Waals surface area (Å²) in [6, 6.07) is 1.17. The van der Waals surface area contributed by atoms with Gasteiger partial charge in [-0.05, 0) is 18.1 Å². The van der Waals surface area contributed by atoms with Crippen LogP contribution >= 0.6 is 11.6 Å². The molecule has 1 amide bonds. The zero-order chi connectivity index (χ0) is 11.2. The summed E-state index contributed by atoms with van der Waals surface area (Å²) in [7, 11) is 1.64. The highest BCUT2D eigenvalue weighted by molar-refractivity contribution is 6.35. The van der Waals surface area contributed by atoms with Crippen molar-refractivity contribution in [1.82, 2.24) is 4.90 Å². The van der Waals surface area contributed by atoms with Crippen LogP contribution in [0.4, 0.5) is 4.39 Å².